The lowest BCUT2D eigenvalue weighted by atomic mass is 10.8. The summed E-state index contributed by atoms with van der Waals surface area (Å²) >= 11 is 0. The summed E-state index contributed by atoms with van der Waals surface area (Å²) in [7, 11) is -0.250. The minimum absolute atomic E-state index is 0. The van der Waals surface area contributed by atoms with Gasteiger partial charge < -0.3 is 13.6 Å². The molecule has 0 saturated carbocycles. The van der Waals surface area contributed by atoms with Gasteiger partial charge in [-0.15, -0.1) is 0 Å². The van der Waals surface area contributed by atoms with E-state index < -0.39 is 17.4 Å². The van der Waals surface area contributed by atoms with Gasteiger partial charge in [0.1, 0.15) is 0 Å². The van der Waals surface area contributed by atoms with Crippen molar-refractivity contribution in [2.24, 2.45) is 0 Å². The largest absolute Gasteiger partial charge is 0.458 e. The lowest BCUT2D eigenvalue weighted by molar-refractivity contribution is 0.162. The molecule has 0 aromatic rings. The van der Waals surface area contributed by atoms with Crippen LogP contribution in [0.3, 0.4) is 0 Å². The molecule has 5 heteroatoms. The summed E-state index contributed by atoms with van der Waals surface area (Å²) in [6.07, 6.45) is 0. The molecule has 0 aliphatic rings. The van der Waals surface area contributed by atoms with Crippen LogP contribution in [-0.2, 0) is 13.6 Å². The van der Waals surface area contributed by atoms with Crippen molar-refractivity contribution in [2.75, 3.05) is 26.9 Å². The van der Waals surface area contributed by atoms with E-state index in [-0.39, 0.29) is 22.3 Å². The normalized spacial score (nSPS) is 7.56. The van der Waals surface area contributed by atoms with Crippen LogP contribution in [0.1, 0.15) is 91.5 Å². The summed E-state index contributed by atoms with van der Waals surface area (Å²) < 4.78 is 15.2. The third-order valence-corrected chi connectivity index (χ3v) is 8.24. The Morgan fingerprint density at radius 2 is 0.926 bits per heavy atom. The first kappa shape index (κ1) is 56.4. The number of hydrogen-bond donors (Lipinski definition) is 0. The van der Waals surface area contributed by atoms with Crippen molar-refractivity contribution in [3.8, 4) is 0 Å². The summed E-state index contributed by atoms with van der Waals surface area (Å²) in [5.41, 5.74) is 0. The molecule has 0 aliphatic heterocycles. The standard InChI is InChI=1S/C6H18OSi2.C4H10O.C3H8O.3C2H6.3CH4/c1-6-9(4,5)7-8(2)3;1-3-5-4-2;1-3-4-2;3*1-2;;;/h8H,6H2,1-5H3;3-4H2,1-2H3;3H2,1-2H3;3*1-2H3;3*1H4. The smallest absolute Gasteiger partial charge is 0.172 e. The van der Waals surface area contributed by atoms with Crippen LogP contribution in [0.2, 0.25) is 32.2 Å². The highest BCUT2D eigenvalue weighted by Crippen LogP contribution is 2.10. The molecule has 0 atom stereocenters. The highest BCUT2D eigenvalue weighted by atomic mass is 28.4. The zero-order valence-corrected chi connectivity index (χ0v) is 22.3. The van der Waals surface area contributed by atoms with E-state index >= 15 is 0 Å². The van der Waals surface area contributed by atoms with Gasteiger partial charge in [-0.25, -0.2) is 0 Å². The number of hydrogen-bond acceptors (Lipinski definition) is 3. The average Bonchev–Trinajstić information content (AvgIpc) is 2.60. The van der Waals surface area contributed by atoms with Gasteiger partial charge in [-0.05, 0) is 53.0 Å². The van der Waals surface area contributed by atoms with E-state index in [9.17, 15) is 0 Å². The van der Waals surface area contributed by atoms with Crippen molar-refractivity contribution in [3.63, 3.8) is 0 Å². The van der Waals surface area contributed by atoms with E-state index in [0.29, 0.717) is 0 Å². The first-order chi connectivity index (χ1) is 11.3. The molecule has 0 amide bonds. The first-order valence-corrected chi connectivity index (χ1v) is 15.9. The zero-order valence-electron chi connectivity index (χ0n) is 20.1. The fraction of sp³-hybridized carbons (Fsp3) is 1.00. The molecule has 0 N–H and O–H groups in total. The Labute approximate surface area is 181 Å². The monoisotopic (exact) mass is 434 g/mol. The molecular formula is C22H66O3Si2. The van der Waals surface area contributed by atoms with Crippen molar-refractivity contribution in [3.05, 3.63) is 0 Å². The molecule has 0 unspecified atom stereocenters. The maximum Gasteiger partial charge on any atom is 0.172 e. The third-order valence-electron chi connectivity index (χ3n) is 2.10. The summed E-state index contributed by atoms with van der Waals surface area (Å²) in [6.45, 7) is 31.7. The topological polar surface area (TPSA) is 27.7 Å². The molecule has 0 aliphatic carbocycles. The van der Waals surface area contributed by atoms with E-state index in [2.05, 4.69) is 37.8 Å². The second-order valence-corrected chi connectivity index (χ2v) is 11.9. The SMILES string of the molecule is C.C.C.CC.CC.CC.CCOC.CCOCC.CC[Si](C)(C)O[SiH](C)C. The molecule has 0 radical (unpaired) electrons. The Morgan fingerprint density at radius 3 is 0.963 bits per heavy atom. The van der Waals surface area contributed by atoms with E-state index in [0.717, 1.165) is 19.8 Å². The second-order valence-electron chi connectivity index (χ2n) is 4.64. The molecule has 0 rings (SSSR count). The Balaban J connectivity index is -0.0000000225. The lowest BCUT2D eigenvalue weighted by Gasteiger charge is -2.23. The molecule has 0 spiro atoms. The maximum absolute atomic E-state index is 5.86. The molecule has 0 fully saturated rings. The Morgan fingerprint density at radius 1 is 0.667 bits per heavy atom. The minimum Gasteiger partial charge on any atom is -0.458 e. The highest BCUT2D eigenvalue weighted by molar-refractivity contribution is 6.77. The van der Waals surface area contributed by atoms with Gasteiger partial charge in [-0.1, -0.05) is 70.7 Å². The molecule has 180 valence electrons. The predicted molar refractivity (Wildman–Crippen MR) is 142 cm³/mol. The van der Waals surface area contributed by atoms with Crippen molar-refractivity contribution < 1.29 is 13.6 Å². The molecule has 0 saturated heterocycles. The van der Waals surface area contributed by atoms with Gasteiger partial charge in [0.25, 0.3) is 0 Å². The average molecular weight is 435 g/mol. The van der Waals surface area contributed by atoms with E-state index in [1.165, 1.54) is 6.04 Å². The quantitative estimate of drug-likeness (QED) is 0.390. The van der Waals surface area contributed by atoms with Crippen molar-refractivity contribution in [1.29, 1.82) is 0 Å². The van der Waals surface area contributed by atoms with Crippen LogP contribution in [0, 0.1) is 0 Å². The Kier molecular flexibility index (Phi) is 132. The first-order valence-electron chi connectivity index (χ1n) is 10.1. The zero-order chi connectivity index (χ0) is 21.0. The van der Waals surface area contributed by atoms with Crippen molar-refractivity contribution in [2.45, 2.75) is 124 Å². The molecule has 3 nitrogen and oxygen atoms in total. The number of rotatable bonds is 6. The second kappa shape index (κ2) is 63.4. The van der Waals surface area contributed by atoms with Gasteiger partial charge in [0.15, 0.2) is 17.4 Å². The fourth-order valence-electron chi connectivity index (χ4n) is 0.926. The summed E-state index contributed by atoms with van der Waals surface area (Å²) in [5.74, 6) is 0. The fourth-order valence-corrected chi connectivity index (χ4v) is 6.70. The lowest BCUT2D eigenvalue weighted by Crippen LogP contribution is -2.34. The van der Waals surface area contributed by atoms with Crippen molar-refractivity contribution >= 4 is 17.4 Å². The van der Waals surface area contributed by atoms with Crippen LogP contribution < -0.4 is 0 Å². The molecular weight excluding hydrogens is 368 g/mol. The van der Waals surface area contributed by atoms with Crippen LogP contribution >= 0.6 is 0 Å². The van der Waals surface area contributed by atoms with Gasteiger partial charge in [0, 0.05) is 26.9 Å². The highest BCUT2D eigenvalue weighted by Gasteiger charge is 2.19. The summed E-state index contributed by atoms with van der Waals surface area (Å²) in [6, 6.07) is 1.25. The minimum atomic E-state index is -1.18. The molecule has 0 aromatic carbocycles. The van der Waals surface area contributed by atoms with Gasteiger partial charge in [-0.3, -0.25) is 0 Å². The maximum atomic E-state index is 5.86. The van der Waals surface area contributed by atoms with E-state index in [1.54, 1.807) is 7.11 Å². The van der Waals surface area contributed by atoms with Crippen LogP contribution in [0.15, 0.2) is 0 Å². The van der Waals surface area contributed by atoms with E-state index in [4.69, 9.17) is 8.85 Å². The molecule has 0 heterocycles. The summed E-state index contributed by atoms with van der Waals surface area (Å²) in [4.78, 5) is 0. The number of methoxy groups -OCH3 is 1. The molecule has 0 aromatic heterocycles. The third kappa shape index (κ3) is 122. The van der Waals surface area contributed by atoms with Crippen LogP contribution in [0.25, 0.3) is 0 Å². The van der Waals surface area contributed by atoms with E-state index in [1.807, 2.05) is 62.3 Å². The molecule has 27 heavy (non-hydrogen) atoms. The molecule has 0 bridgehead atoms. The predicted octanol–water partition coefficient (Wildman–Crippen LogP) is 8.89. The van der Waals surface area contributed by atoms with Gasteiger partial charge in [0.2, 0.25) is 0 Å². The number of ether oxygens (including phenoxy) is 2. The van der Waals surface area contributed by atoms with Gasteiger partial charge in [-0.2, -0.15) is 0 Å². The van der Waals surface area contributed by atoms with Crippen LogP contribution in [0.5, 0.6) is 0 Å². The van der Waals surface area contributed by atoms with Crippen LogP contribution in [-0.4, -0.2) is 44.3 Å². The Bertz CT molecular complexity index is 142. The van der Waals surface area contributed by atoms with Gasteiger partial charge in [0.05, 0.1) is 0 Å². The summed E-state index contributed by atoms with van der Waals surface area (Å²) in [5, 5.41) is 0. The van der Waals surface area contributed by atoms with Crippen LogP contribution in [0.4, 0.5) is 0 Å². The van der Waals surface area contributed by atoms with Gasteiger partial charge >= 0.3 is 0 Å². The van der Waals surface area contributed by atoms with Crippen molar-refractivity contribution in [1.82, 2.24) is 0 Å². The Hall–Kier alpha value is 0.314.